The monoisotopic (exact) mass is 449 g/mol. The minimum Gasteiger partial charge on any atom is -0.455 e. The van der Waals surface area contributed by atoms with Gasteiger partial charge in [-0.25, -0.2) is 4.68 Å². The summed E-state index contributed by atoms with van der Waals surface area (Å²) < 4.78 is 6.97. The van der Waals surface area contributed by atoms with Crippen molar-refractivity contribution in [3.05, 3.63) is 70.5 Å². The van der Waals surface area contributed by atoms with Crippen LogP contribution < -0.4 is 5.32 Å². The van der Waals surface area contributed by atoms with Crippen molar-refractivity contribution in [1.29, 1.82) is 0 Å². The number of ether oxygens (including phenoxy) is 1. The van der Waals surface area contributed by atoms with Gasteiger partial charge in [-0.15, -0.1) is 11.8 Å². The van der Waals surface area contributed by atoms with Crippen molar-refractivity contribution in [2.75, 3.05) is 17.7 Å². The molecule has 32 heavy (non-hydrogen) atoms. The Morgan fingerprint density at radius 1 is 1.06 bits per heavy atom. The lowest BCUT2D eigenvalue weighted by Gasteiger charge is -2.08. The molecule has 3 aromatic rings. The summed E-state index contributed by atoms with van der Waals surface area (Å²) in [5.74, 6) is -0.611. The van der Waals surface area contributed by atoms with Crippen LogP contribution >= 0.6 is 11.8 Å². The standard InChI is InChI=1S/C25H27N3O3S/c1-16-7-10-21(11-8-16)28-18(3)25(17(2)27-28)26-23(29)14-31-24(30)15-32-22-12-9-19-5-4-6-20(19)13-22/h7-13H,4-6,14-15H2,1-3H3,(H,26,29). The topological polar surface area (TPSA) is 73.2 Å². The number of anilines is 1. The summed E-state index contributed by atoms with van der Waals surface area (Å²) in [5.41, 5.74) is 7.03. The quantitative estimate of drug-likeness (QED) is 0.423. The third-order valence-corrected chi connectivity index (χ3v) is 6.59. The van der Waals surface area contributed by atoms with Gasteiger partial charge in [-0.3, -0.25) is 9.59 Å². The Kier molecular flexibility index (Phi) is 6.65. The Balaban J connectivity index is 1.29. The average molecular weight is 450 g/mol. The molecule has 0 unspecified atom stereocenters. The summed E-state index contributed by atoms with van der Waals surface area (Å²) in [7, 11) is 0. The number of esters is 1. The van der Waals surface area contributed by atoms with E-state index < -0.39 is 5.97 Å². The molecule has 0 saturated carbocycles. The van der Waals surface area contributed by atoms with Crippen molar-refractivity contribution in [3.63, 3.8) is 0 Å². The van der Waals surface area contributed by atoms with E-state index in [1.165, 1.54) is 34.9 Å². The number of carbonyl (C=O) groups excluding carboxylic acids is 2. The predicted molar refractivity (Wildman–Crippen MR) is 127 cm³/mol. The highest BCUT2D eigenvalue weighted by Gasteiger charge is 2.17. The summed E-state index contributed by atoms with van der Waals surface area (Å²) in [6.45, 7) is 5.45. The number of thioether (sulfide) groups is 1. The summed E-state index contributed by atoms with van der Waals surface area (Å²) in [6.07, 6.45) is 3.44. The number of nitrogens with zero attached hydrogens (tertiary/aromatic N) is 2. The first-order valence-corrected chi connectivity index (χ1v) is 11.7. The van der Waals surface area contributed by atoms with Crippen molar-refractivity contribution in [2.24, 2.45) is 0 Å². The molecule has 1 amide bonds. The zero-order valence-corrected chi connectivity index (χ0v) is 19.4. The third-order valence-electron chi connectivity index (χ3n) is 5.63. The van der Waals surface area contributed by atoms with Crippen LogP contribution in [0.5, 0.6) is 0 Å². The van der Waals surface area contributed by atoms with Crippen LogP contribution in [-0.2, 0) is 27.2 Å². The number of carbonyl (C=O) groups is 2. The molecule has 0 bridgehead atoms. The maximum absolute atomic E-state index is 12.4. The zero-order valence-electron chi connectivity index (χ0n) is 18.6. The van der Waals surface area contributed by atoms with E-state index in [4.69, 9.17) is 4.74 Å². The number of aromatic nitrogens is 2. The highest BCUT2D eigenvalue weighted by atomic mass is 32.2. The highest BCUT2D eigenvalue weighted by Crippen LogP contribution is 2.27. The van der Waals surface area contributed by atoms with Crippen LogP contribution in [-0.4, -0.2) is 34.0 Å². The molecule has 166 valence electrons. The second kappa shape index (κ2) is 9.61. The Morgan fingerprint density at radius 2 is 1.81 bits per heavy atom. The second-order valence-corrected chi connectivity index (χ2v) is 9.12. The molecule has 0 spiro atoms. The van der Waals surface area contributed by atoms with Gasteiger partial charge in [0.1, 0.15) is 0 Å². The molecule has 6 nitrogen and oxygen atoms in total. The number of hydrogen-bond donors (Lipinski definition) is 1. The molecular formula is C25H27N3O3S. The van der Waals surface area contributed by atoms with Gasteiger partial charge in [0.05, 0.1) is 28.5 Å². The van der Waals surface area contributed by atoms with Crippen LogP contribution in [0.25, 0.3) is 5.69 Å². The molecule has 1 heterocycles. The van der Waals surface area contributed by atoms with E-state index in [9.17, 15) is 9.59 Å². The van der Waals surface area contributed by atoms with Crippen molar-refractivity contribution in [3.8, 4) is 5.69 Å². The molecular weight excluding hydrogens is 422 g/mol. The molecule has 4 rings (SSSR count). The molecule has 0 aliphatic heterocycles. The molecule has 1 N–H and O–H groups in total. The Bertz CT molecular complexity index is 1150. The molecule has 1 aliphatic rings. The van der Waals surface area contributed by atoms with E-state index in [2.05, 4.69) is 22.5 Å². The Morgan fingerprint density at radius 3 is 2.59 bits per heavy atom. The minimum atomic E-state index is -0.408. The number of hydrogen-bond acceptors (Lipinski definition) is 5. The predicted octanol–water partition coefficient (Wildman–Crippen LogP) is 4.56. The van der Waals surface area contributed by atoms with Crippen LogP contribution in [0.3, 0.4) is 0 Å². The van der Waals surface area contributed by atoms with Crippen molar-refractivity contribution < 1.29 is 14.3 Å². The normalized spacial score (nSPS) is 12.5. The summed E-state index contributed by atoms with van der Waals surface area (Å²) in [6, 6.07) is 14.4. The zero-order chi connectivity index (χ0) is 22.7. The highest BCUT2D eigenvalue weighted by molar-refractivity contribution is 8.00. The molecule has 1 aromatic heterocycles. The molecule has 0 fully saturated rings. The van der Waals surface area contributed by atoms with Crippen LogP contribution in [0.4, 0.5) is 5.69 Å². The van der Waals surface area contributed by atoms with Crippen molar-refractivity contribution in [1.82, 2.24) is 9.78 Å². The average Bonchev–Trinajstić information content (AvgIpc) is 3.36. The first-order valence-electron chi connectivity index (χ1n) is 10.7. The van der Waals surface area contributed by atoms with Gasteiger partial charge in [-0.2, -0.15) is 5.10 Å². The number of aryl methyl sites for hydroxylation is 4. The molecule has 7 heteroatoms. The lowest BCUT2D eigenvalue weighted by molar-refractivity contribution is -0.144. The van der Waals surface area contributed by atoms with E-state index in [0.29, 0.717) is 11.4 Å². The molecule has 0 radical (unpaired) electrons. The van der Waals surface area contributed by atoms with E-state index in [0.717, 1.165) is 29.1 Å². The van der Waals surface area contributed by atoms with Crippen LogP contribution in [0, 0.1) is 20.8 Å². The van der Waals surface area contributed by atoms with Crippen LogP contribution in [0.15, 0.2) is 47.4 Å². The van der Waals surface area contributed by atoms with Gasteiger partial charge in [-0.05, 0) is 75.4 Å². The molecule has 0 atom stereocenters. The summed E-state index contributed by atoms with van der Waals surface area (Å²) >= 11 is 1.44. The first kappa shape index (κ1) is 22.1. The lowest BCUT2D eigenvalue weighted by Crippen LogP contribution is -2.22. The number of benzene rings is 2. The van der Waals surface area contributed by atoms with Gasteiger partial charge in [-0.1, -0.05) is 23.8 Å². The lowest BCUT2D eigenvalue weighted by atomic mass is 10.1. The van der Waals surface area contributed by atoms with Gasteiger partial charge < -0.3 is 10.1 Å². The van der Waals surface area contributed by atoms with E-state index >= 15 is 0 Å². The minimum absolute atomic E-state index is 0.176. The van der Waals surface area contributed by atoms with E-state index in [1.807, 2.05) is 51.1 Å². The van der Waals surface area contributed by atoms with Gasteiger partial charge >= 0.3 is 5.97 Å². The van der Waals surface area contributed by atoms with Crippen molar-refractivity contribution >= 4 is 29.3 Å². The summed E-state index contributed by atoms with van der Waals surface area (Å²) in [5, 5.41) is 7.37. The van der Waals surface area contributed by atoms with Gasteiger partial charge in [0.25, 0.3) is 5.91 Å². The van der Waals surface area contributed by atoms with Crippen molar-refractivity contribution in [2.45, 2.75) is 44.9 Å². The Hall–Kier alpha value is -3.06. The third kappa shape index (κ3) is 5.05. The van der Waals surface area contributed by atoms with Crippen LogP contribution in [0.2, 0.25) is 0 Å². The van der Waals surface area contributed by atoms with E-state index in [-0.39, 0.29) is 18.3 Å². The number of fused-ring (bicyclic) bond motifs is 1. The van der Waals surface area contributed by atoms with Gasteiger partial charge in [0, 0.05) is 4.90 Å². The second-order valence-electron chi connectivity index (χ2n) is 8.07. The van der Waals surface area contributed by atoms with Crippen LogP contribution in [0.1, 0.15) is 34.5 Å². The fraction of sp³-hybridized carbons (Fsp3) is 0.320. The fourth-order valence-electron chi connectivity index (χ4n) is 3.90. The number of rotatable bonds is 7. The van der Waals surface area contributed by atoms with E-state index in [1.54, 1.807) is 4.68 Å². The smallest absolute Gasteiger partial charge is 0.316 e. The van der Waals surface area contributed by atoms with Gasteiger partial charge in [0.15, 0.2) is 6.61 Å². The maximum atomic E-state index is 12.4. The van der Waals surface area contributed by atoms with Gasteiger partial charge in [0.2, 0.25) is 0 Å². The Labute approximate surface area is 192 Å². The summed E-state index contributed by atoms with van der Waals surface area (Å²) in [4.78, 5) is 25.6. The fourth-order valence-corrected chi connectivity index (χ4v) is 4.66. The molecule has 0 saturated heterocycles. The largest absolute Gasteiger partial charge is 0.455 e. The number of nitrogens with one attached hydrogen (secondary N) is 1. The number of amides is 1. The molecule has 2 aromatic carbocycles. The SMILES string of the molecule is Cc1ccc(-n2nc(C)c(NC(=O)COC(=O)CSc3ccc4c(c3)CCC4)c2C)cc1. The maximum Gasteiger partial charge on any atom is 0.316 e. The molecule has 1 aliphatic carbocycles. The first-order chi connectivity index (χ1) is 15.4.